The lowest BCUT2D eigenvalue weighted by Gasteiger charge is -2.19. The Labute approximate surface area is 120 Å². The number of rotatable bonds is 5. The van der Waals surface area contributed by atoms with Gasteiger partial charge in [-0.25, -0.2) is 8.42 Å². The van der Waals surface area contributed by atoms with E-state index < -0.39 is 22.7 Å². The molecule has 0 unspecified atom stereocenters. The largest absolute Gasteiger partial charge is 0.402 e. The van der Waals surface area contributed by atoms with Crippen LogP contribution in [0.5, 0.6) is 0 Å². The van der Waals surface area contributed by atoms with Crippen molar-refractivity contribution in [2.75, 3.05) is 20.6 Å². The van der Waals surface area contributed by atoms with Gasteiger partial charge in [-0.15, -0.1) is 0 Å². The quantitative estimate of drug-likeness (QED) is 0.901. The van der Waals surface area contributed by atoms with E-state index in [1.54, 1.807) is 13.1 Å². The minimum absolute atomic E-state index is 0.112. The first kappa shape index (κ1) is 17.2. The van der Waals surface area contributed by atoms with Crippen LogP contribution in [0.4, 0.5) is 13.2 Å². The SMILES string of the molecule is CNCc1ccc(Cl)c(S(=O)(=O)N(C)CC(F)(F)F)c1. The molecule has 1 rings (SSSR count). The summed E-state index contributed by atoms with van der Waals surface area (Å²) in [6.45, 7) is -1.19. The van der Waals surface area contributed by atoms with Crippen LogP contribution < -0.4 is 5.32 Å². The molecular formula is C11H14ClF3N2O2S. The van der Waals surface area contributed by atoms with E-state index in [-0.39, 0.29) is 14.2 Å². The summed E-state index contributed by atoms with van der Waals surface area (Å²) in [5.41, 5.74) is 0.607. The number of nitrogens with one attached hydrogen (secondary N) is 1. The smallest absolute Gasteiger partial charge is 0.316 e. The van der Waals surface area contributed by atoms with Crippen molar-refractivity contribution in [3.63, 3.8) is 0 Å². The fourth-order valence-electron chi connectivity index (χ4n) is 1.56. The molecule has 0 saturated heterocycles. The molecule has 114 valence electrons. The van der Waals surface area contributed by atoms with Crippen LogP contribution in [0, 0.1) is 0 Å². The molecule has 0 aliphatic heterocycles. The molecule has 0 aromatic heterocycles. The van der Waals surface area contributed by atoms with Crippen LogP contribution in [0.2, 0.25) is 5.02 Å². The van der Waals surface area contributed by atoms with E-state index in [9.17, 15) is 21.6 Å². The molecular weight excluding hydrogens is 317 g/mol. The molecule has 1 aromatic rings. The highest BCUT2D eigenvalue weighted by Crippen LogP contribution is 2.27. The second-order valence-electron chi connectivity index (χ2n) is 4.17. The van der Waals surface area contributed by atoms with Crippen molar-refractivity contribution in [2.45, 2.75) is 17.6 Å². The molecule has 0 heterocycles. The molecule has 1 aromatic carbocycles. The first-order valence-electron chi connectivity index (χ1n) is 5.54. The third-order valence-electron chi connectivity index (χ3n) is 2.47. The van der Waals surface area contributed by atoms with Crippen molar-refractivity contribution in [3.8, 4) is 0 Å². The molecule has 0 spiro atoms. The van der Waals surface area contributed by atoms with Gasteiger partial charge in [0.1, 0.15) is 11.4 Å². The van der Waals surface area contributed by atoms with Crippen molar-refractivity contribution >= 4 is 21.6 Å². The summed E-state index contributed by atoms with van der Waals surface area (Å²) in [4.78, 5) is -0.335. The second-order valence-corrected chi connectivity index (χ2v) is 6.59. The van der Waals surface area contributed by atoms with Crippen molar-refractivity contribution in [1.82, 2.24) is 9.62 Å². The monoisotopic (exact) mass is 330 g/mol. The topological polar surface area (TPSA) is 49.4 Å². The van der Waals surface area contributed by atoms with Crippen LogP contribution in [0.1, 0.15) is 5.56 Å². The average Bonchev–Trinajstić information content (AvgIpc) is 2.29. The van der Waals surface area contributed by atoms with Crippen LogP contribution in [0.15, 0.2) is 23.1 Å². The van der Waals surface area contributed by atoms with Gasteiger partial charge in [0.25, 0.3) is 0 Å². The van der Waals surface area contributed by atoms with Gasteiger partial charge >= 0.3 is 6.18 Å². The fraction of sp³-hybridized carbons (Fsp3) is 0.455. The van der Waals surface area contributed by atoms with Crippen LogP contribution in [0.25, 0.3) is 0 Å². The van der Waals surface area contributed by atoms with Gasteiger partial charge in [0.15, 0.2) is 0 Å². The summed E-state index contributed by atoms with van der Waals surface area (Å²) in [6, 6.07) is 4.21. The molecule has 0 aliphatic rings. The molecule has 4 nitrogen and oxygen atoms in total. The Hall–Kier alpha value is -0.830. The average molecular weight is 331 g/mol. The zero-order valence-electron chi connectivity index (χ0n) is 10.8. The highest BCUT2D eigenvalue weighted by atomic mass is 35.5. The lowest BCUT2D eigenvalue weighted by Crippen LogP contribution is -2.36. The second kappa shape index (κ2) is 6.30. The number of benzene rings is 1. The van der Waals surface area contributed by atoms with Crippen molar-refractivity contribution in [1.29, 1.82) is 0 Å². The van der Waals surface area contributed by atoms with Gasteiger partial charge in [-0.1, -0.05) is 17.7 Å². The molecule has 20 heavy (non-hydrogen) atoms. The molecule has 9 heteroatoms. The van der Waals surface area contributed by atoms with E-state index in [1.165, 1.54) is 12.1 Å². The number of sulfonamides is 1. The number of halogens is 4. The number of alkyl halides is 3. The fourth-order valence-corrected chi connectivity index (χ4v) is 3.24. The summed E-state index contributed by atoms with van der Waals surface area (Å²) in [6.07, 6.45) is -4.61. The van der Waals surface area contributed by atoms with E-state index in [1.807, 2.05) is 0 Å². The lowest BCUT2D eigenvalue weighted by atomic mass is 10.2. The first-order valence-corrected chi connectivity index (χ1v) is 7.36. The summed E-state index contributed by atoms with van der Waals surface area (Å²) in [5.74, 6) is 0. The van der Waals surface area contributed by atoms with Crippen molar-refractivity contribution < 1.29 is 21.6 Å². The Kier molecular flexibility index (Phi) is 5.42. The molecule has 0 bridgehead atoms. The van der Waals surface area contributed by atoms with Crippen LogP contribution in [-0.2, 0) is 16.6 Å². The summed E-state index contributed by atoms with van der Waals surface area (Å²) in [5, 5.41) is 2.71. The normalized spacial score (nSPS) is 12.9. The zero-order valence-corrected chi connectivity index (χ0v) is 12.4. The van der Waals surface area contributed by atoms with Crippen molar-refractivity contribution in [2.24, 2.45) is 0 Å². The maximum Gasteiger partial charge on any atom is 0.402 e. The third-order valence-corrected chi connectivity index (χ3v) is 4.75. The Morgan fingerprint density at radius 2 is 1.95 bits per heavy atom. The summed E-state index contributed by atoms with van der Waals surface area (Å²) in [7, 11) is -1.76. The molecule has 0 aliphatic carbocycles. The highest BCUT2D eigenvalue weighted by Gasteiger charge is 2.35. The zero-order chi connectivity index (χ0) is 15.6. The van der Waals surface area contributed by atoms with Gasteiger partial charge < -0.3 is 5.32 Å². The Morgan fingerprint density at radius 3 is 2.45 bits per heavy atom. The number of hydrogen-bond acceptors (Lipinski definition) is 3. The maximum atomic E-state index is 12.3. The molecule has 1 N–H and O–H groups in total. The molecule has 0 fully saturated rings. The van der Waals surface area contributed by atoms with Crippen LogP contribution in [-0.4, -0.2) is 39.5 Å². The van der Waals surface area contributed by atoms with E-state index in [0.717, 1.165) is 7.05 Å². The molecule has 0 saturated carbocycles. The van der Waals surface area contributed by atoms with Gasteiger partial charge in [0.05, 0.1) is 5.02 Å². The lowest BCUT2D eigenvalue weighted by molar-refractivity contribution is -0.134. The number of nitrogens with zero attached hydrogens (tertiary/aromatic N) is 1. The van der Waals surface area contributed by atoms with Crippen LogP contribution >= 0.6 is 11.6 Å². The van der Waals surface area contributed by atoms with Crippen molar-refractivity contribution in [3.05, 3.63) is 28.8 Å². The Morgan fingerprint density at radius 1 is 1.35 bits per heavy atom. The van der Waals surface area contributed by atoms with E-state index in [4.69, 9.17) is 11.6 Å². The summed E-state index contributed by atoms with van der Waals surface area (Å²) >= 11 is 5.79. The first-order chi connectivity index (χ1) is 9.08. The standard InChI is InChI=1S/C11H14ClF3N2O2S/c1-16-6-8-3-4-9(12)10(5-8)20(18,19)17(2)7-11(13,14)15/h3-5,16H,6-7H2,1-2H3. The predicted molar refractivity (Wildman–Crippen MR) is 70.1 cm³/mol. The van der Waals surface area contributed by atoms with Gasteiger partial charge in [0, 0.05) is 13.6 Å². The maximum absolute atomic E-state index is 12.3. The van der Waals surface area contributed by atoms with Gasteiger partial charge in [0.2, 0.25) is 10.0 Å². The molecule has 0 radical (unpaired) electrons. The van der Waals surface area contributed by atoms with Gasteiger partial charge in [-0.3, -0.25) is 0 Å². The minimum Gasteiger partial charge on any atom is -0.316 e. The third kappa shape index (κ3) is 4.34. The van der Waals surface area contributed by atoms with E-state index in [0.29, 0.717) is 12.1 Å². The van der Waals surface area contributed by atoms with E-state index >= 15 is 0 Å². The number of hydrogen-bond donors (Lipinski definition) is 1. The van der Waals surface area contributed by atoms with Crippen LogP contribution in [0.3, 0.4) is 0 Å². The molecule has 0 atom stereocenters. The minimum atomic E-state index is -4.61. The Bertz CT molecular complexity index is 576. The summed E-state index contributed by atoms with van der Waals surface area (Å²) < 4.78 is 61.4. The van der Waals surface area contributed by atoms with Gasteiger partial charge in [-0.05, 0) is 24.7 Å². The van der Waals surface area contributed by atoms with Gasteiger partial charge in [-0.2, -0.15) is 17.5 Å². The highest BCUT2D eigenvalue weighted by molar-refractivity contribution is 7.89. The Balaban J connectivity index is 3.17. The van der Waals surface area contributed by atoms with E-state index in [2.05, 4.69) is 5.32 Å². The predicted octanol–water partition coefficient (Wildman–Crippen LogP) is 2.24. The molecule has 0 amide bonds.